The molecule has 0 saturated heterocycles. The van der Waals surface area contributed by atoms with Crippen LogP contribution in [0.25, 0.3) is 16.9 Å². The molecular weight excluding hydrogens is 270 g/mol. The minimum absolute atomic E-state index is 0.161. The Balaban J connectivity index is 2.14. The molecule has 0 bridgehead atoms. The first kappa shape index (κ1) is 14.6. The van der Waals surface area contributed by atoms with Gasteiger partial charge in [0.1, 0.15) is 0 Å². The molecule has 2 N–H and O–H groups in total. The van der Waals surface area contributed by atoms with Crippen LogP contribution in [0.4, 0.5) is 5.69 Å². The molecule has 3 heteroatoms. The van der Waals surface area contributed by atoms with Crippen LogP contribution in [0.2, 0.25) is 0 Å². The van der Waals surface area contributed by atoms with Gasteiger partial charge in [-0.05, 0) is 36.5 Å². The van der Waals surface area contributed by atoms with E-state index in [0.29, 0.717) is 0 Å². The first-order valence-corrected chi connectivity index (χ1v) is 7.63. The fourth-order valence-corrected chi connectivity index (χ4v) is 2.74. The van der Waals surface area contributed by atoms with E-state index in [1.807, 2.05) is 19.2 Å². The number of aryl methyl sites for hydroxylation is 2. The Morgan fingerprint density at radius 3 is 2.23 bits per heavy atom. The monoisotopic (exact) mass is 293 g/mol. The molecule has 0 radical (unpaired) electrons. The summed E-state index contributed by atoms with van der Waals surface area (Å²) in [5.41, 5.74) is 13.6. The van der Waals surface area contributed by atoms with Crippen molar-refractivity contribution < 1.29 is 0 Å². The third-order valence-corrected chi connectivity index (χ3v) is 4.31. The average Bonchev–Trinajstić information content (AvgIpc) is 2.80. The Morgan fingerprint density at radius 2 is 1.64 bits per heavy atom. The molecule has 1 aromatic carbocycles. The van der Waals surface area contributed by atoms with E-state index in [-0.39, 0.29) is 5.41 Å². The number of nitrogen functional groups attached to an aromatic ring is 1. The molecule has 0 aliphatic rings. The van der Waals surface area contributed by atoms with Gasteiger partial charge in [-0.2, -0.15) is 0 Å². The second-order valence-corrected chi connectivity index (χ2v) is 6.98. The third-order valence-electron chi connectivity index (χ3n) is 4.31. The molecule has 22 heavy (non-hydrogen) atoms. The van der Waals surface area contributed by atoms with E-state index in [4.69, 9.17) is 10.7 Å². The topological polar surface area (TPSA) is 43.3 Å². The zero-order valence-corrected chi connectivity index (χ0v) is 13.9. The standard InChI is InChI=1S/C19H23N3/c1-12-10-11-22-13(2)17(21-18(22)16(12)20)14-6-8-15(9-7-14)19(3,4)5/h6-11H,20H2,1-5H3. The number of pyridine rings is 1. The molecule has 0 fully saturated rings. The predicted molar refractivity (Wildman–Crippen MR) is 93.2 cm³/mol. The maximum absolute atomic E-state index is 6.18. The van der Waals surface area contributed by atoms with E-state index < -0.39 is 0 Å². The van der Waals surface area contributed by atoms with E-state index in [2.05, 4.69) is 56.4 Å². The van der Waals surface area contributed by atoms with E-state index in [1.165, 1.54) is 5.56 Å². The Bertz CT molecular complexity index is 834. The highest BCUT2D eigenvalue weighted by molar-refractivity contribution is 5.75. The second kappa shape index (κ2) is 4.87. The number of imidazole rings is 1. The van der Waals surface area contributed by atoms with Gasteiger partial charge < -0.3 is 10.1 Å². The number of anilines is 1. The molecule has 2 aromatic heterocycles. The summed E-state index contributed by atoms with van der Waals surface area (Å²) in [6.45, 7) is 10.8. The van der Waals surface area contributed by atoms with Gasteiger partial charge in [0.25, 0.3) is 0 Å². The quantitative estimate of drug-likeness (QED) is 0.718. The summed E-state index contributed by atoms with van der Waals surface area (Å²) in [4.78, 5) is 4.77. The summed E-state index contributed by atoms with van der Waals surface area (Å²) in [5.74, 6) is 0. The fraction of sp³-hybridized carbons (Fsp3) is 0.316. The van der Waals surface area contributed by atoms with E-state index in [9.17, 15) is 0 Å². The molecule has 0 aliphatic heterocycles. The van der Waals surface area contributed by atoms with Crippen molar-refractivity contribution in [1.82, 2.24) is 9.38 Å². The van der Waals surface area contributed by atoms with Gasteiger partial charge in [0.2, 0.25) is 0 Å². The van der Waals surface area contributed by atoms with E-state index in [1.54, 1.807) is 0 Å². The van der Waals surface area contributed by atoms with Gasteiger partial charge in [-0.15, -0.1) is 0 Å². The van der Waals surface area contributed by atoms with Gasteiger partial charge in [-0.25, -0.2) is 4.98 Å². The SMILES string of the molecule is Cc1ccn2c(C)c(-c3ccc(C(C)(C)C)cc3)nc2c1N. The maximum atomic E-state index is 6.18. The molecule has 0 aliphatic carbocycles. The average molecular weight is 293 g/mol. The summed E-state index contributed by atoms with van der Waals surface area (Å²) in [6.07, 6.45) is 2.04. The second-order valence-electron chi connectivity index (χ2n) is 6.98. The lowest BCUT2D eigenvalue weighted by Crippen LogP contribution is -2.10. The molecule has 0 spiro atoms. The summed E-state index contributed by atoms with van der Waals surface area (Å²) >= 11 is 0. The highest BCUT2D eigenvalue weighted by Gasteiger charge is 2.16. The van der Waals surface area contributed by atoms with Crippen molar-refractivity contribution in [3.05, 3.63) is 53.3 Å². The van der Waals surface area contributed by atoms with Crippen molar-refractivity contribution in [2.75, 3.05) is 5.73 Å². The molecule has 114 valence electrons. The van der Waals surface area contributed by atoms with Gasteiger partial charge in [0.15, 0.2) is 5.65 Å². The number of hydrogen-bond donors (Lipinski definition) is 1. The minimum atomic E-state index is 0.161. The number of rotatable bonds is 1. The normalized spacial score (nSPS) is 12.0. The van der Waals surface area contributed by atoms with Crippen LogP contribution in [-0.4, -0.2) is 9.38 Å². The molecule has 2 heterocycles. The van der Waals surface area contributed by atoms with Crippen LogP contribution in [0.15, 0.2) is 36.5 Å². The molecule has 3 nitrogen and oxygen atoms in total. The molecular formula is C19H23N3. The van der Waals surface area contributed by atoms with Crippen molar-refractivity contribution in [1.29, 1.82) is 0 Å². The summed E-state index contributed by atoms with van der Waals surface area (Å²) < 4.78 is 2.06. The summed E-state index contributed by atoms with van der Waals surface area (Å²) in [5, 5.41) is 0. The third kappa shape index (κ3) is 2.27. The number of nitrogens with two attached hydrogens (primary N) is 1. The number of fused-ring (bicyclic) bond motifs is 1. The highest BCUT2D eigenvalue weighted by Crippen LogP contribution is 2.29. The van der Waals surface area contributed by atoms with Gasteiger partial charge >= 0.3 is 0 Å². The van der Waals surface area contributed by atoms with Gasteiger partial charge in [0.05, 0.1) is 11.4 Å². The largest absolute Gasteiger partial charge is 0.395 e. The first-order valence-electron chi connectivity index (χ1n) is 7.63. The zero-order chi connectivity index (χ0) is 16.1. The van der Waals surface area contributed by atoms with Crippen LogP contribution >= 0.6 is 0 Å². The number of aromatic nitrogens is 2. The maximum Gasteiger partial charge on any atom is 0.161 e. The van der Waals surface area contributed by atoms with Crippen LogP contribution in [0, 0.1) is 13.8 Å². The molecule has 0 unspecified atom stereocenters. The first-order chi connectivity index (χ1) is 10.3. The van der Waals surface area contributed by atoms with Gasteiger partial charge in [-0.1, -0.05) is 45.0 Å². The van der Waals surface area contributed by atoms with Crippen molar-refractivity contribution in [3.63, 3.8) is 0 Å². The van der Waals surface area contributed by atoms with Crippen LogP contribution in [0.1, 0.15) is 37.6 Å². The van der Waals surface area contributed by atoms with Crippen LogP contribution < -0.4 is 5.73 Å². The van der Waals surface area contributed by atoms with Crippen molar-refractivity contribution in [2.24, 2.45) is 0 Å². The lowest BCUT2D eigenvalue weighted by molar-refractivity contribution is 0.590. The summed E-state index contributed by atoms with van der Waals surface area (Å²) in [7, 11) is 0. The Kier molecular flexibility index (Phi) is 3.24. The Hall–Kier alpha value is -2.29. The fourth-order valence-electron chi connectivity index (χ4n) is 2.74. The molecule has 3 rings (SSSR count). The lowest BCUT2D eigenvalue weighted by atomic mass is 9.86. The molecule has 0 atom stereocenters. The van der Waals surface area contributed by atoms with Crippen molar-refractivity contribution in [2.45, 2.75) is 40.0 Å². The highest BCUT2D eigenvalue weighted by atomic mass is 15.0. The van der Waals surface area contributed by atoms with Crippen molar-refractivity contribution in [3.8, 4) is 11.3 Å². The Morgan fingerprint density at radius 1 is 1.00 bits per heavy atom. The zero-order valence-electron chi connectivity index (χ0n) is 13.9. The summed E-state index contributed by atoms with van der Waals surface area (Å²) in [6, 6.07) is 10.7. The van der Waals surface area contributed by atoms with Crippen LogP contribution in [0.3, 0.4) is 0 Å². The van der Waals surface area contributed by atoms with Crippen molar-refractivity contribution >= 4 is 11.3 Å². The van der Waals surface area contributed by atoms with Crippen LogP contribution in [0.5, 0.6) is 0 Å². The number of nitrogens with zero attached hydrogens (tertiary/aromatic N) is 2. The molecule has 3 aromatic rings. The predicted octanol–water partition coefficient (Wildman–Crippen LogP) is 4.50. The lowest BCUT2D eigenvalue weighted by Gasteiger charge is -2.19. The van der Waals surface area contributed by atoms with Gasteiger partial charge in [0, 0.05) is 17.5 Å². The minimum Gasteiger partial charge on any atom is -0.395 e. The molecule has 0 amide bonds. The van der Waals surface area contributed by atoms with E-state index >= 15 is 0 Å². The smallest absolute Gasteiger partial charge is 0.161 e. The van der Waals surface area contributed by atoms with Crippen LogP contribution in [-0.2, 0) is 5.41 Å². The van der Waals surface area contributed by atoms with Gasteiger partial charge in [-0.3, -0.25) is 0 Å². The number of benzene rings is 1. The van der Waals surface area contributed by atoms with E-state index in [0.717, 1.165) is 33.8 Å². The number of hydrogen-bond acceptors (Lipinski definition) is 2. The Labute approximate surface area is 131 Å². The molecule has 0 saturated carbocycles.